The average Bonchev–Trinajstić information content (AvgIpc) is 3.11. The maximum absolute atomic E-state index is 11.8. The molecule has 0 radical (unpaired) electrons. The molecule has 0 amide bonds. The van der Waals surface area contributed by atoms with E-state index in [-0.39, 0.29) is 18.1 Å². The number of fused-ring (bicyclic) bond motifs is 3. The van der Waals surface area contributed by atoms with Gasteiger partial charge in [0, 0.05) is 23.8 Å². The van der Waals surface area contributed by atoms with Crippen LogP contribution in [0.2, 0.25) is 0 Å². The lowest BCUT2D eigenvalue weighted by molar-refractivity contribution is -0.142. The summed E-state index contributed by atoms with van der Waals surface area (Å²) in [4.78, 5) is 11.8. The fourth-order valence-electron chi connectivity index (χ4n) is 4.20. The summed E-state index contributed by atoms with van der Waals surface area (Å²) in [6.45, 7) is 5.15. The second-order valence-electron chi connectivity index (χ2n) is 7.18. The zero-order valence-electron chi connectivity index (χ0n) is 15.3. The SMILES string of the molecule is CCOC(=O)Cc1ccc2c(c1)C1OCCC1[C@H](c1cccc(C)c1)N2. The van der Waals surface area contributed by atoms with Gasteiger partial charge in [0.05, 0.1) is 25.2 Å². The number of rotatable bonds is 4. The van der Waals surface area contributed by atoms with Gasteiger partial charge in [-0.3, -0.25) is 4.79 Å². The van der Waals surface area contributed by atoms with Gasteiger partial charge in [-0.2, -0.15) is 0 Å². The maximum Gasteiger partial charge on any atom is 0.310 e. The molecule has 1 N–H and O–H groups in total. The third kappa shape index (κ3) is 3.21. The van der Waals surface area contributed by atoms with Crippen molar-refractivity contribution >= 4 is 11.7 Å². The van der Waals surface area contributed by atoms with Crippen molar-refractivity contribution in [1.82, 2.24) is 0 Å². The number of hydrogen-bond donors (Lipinski definition) is 1. The lowest BCUT2D eigenvalue weighted by Crippen LogP contribution is -2.29. The van der Waals surface area contributed by atoms with Crippen LogP contribution >= 0.6 is 0 Å². The van der Waals surface area contributed by atoms with Gasteiger partial charge in [-0.15, -0.1) is 0 Å². The van der Waals surface area contributed by atoms with Crippen LogP contribution in [-0.2, 0) is 20.7 Å². The number of carbonyl (C=O) groups excluding carboxylic acids is 1. The molecule has 2 aliphatic heterocycles. The van der Waals surface area contributed by atoms with Crippen molar-refractivity contribution in [3.05, 3.63) is 64.7 Å². The zero-order valence-corrected chi connectivity index (χ0v) is 15.3. The molecule has 136 valence electrons. The smallest absolute Gasteiger partial charge is 0.310 e. The summed E-state index contributed by atoms with van der Waals surface area (Å²) in [5.74, 6) is 0.222. The zero-order chi connectivity index (χ0) is 18.1. The van der Waals surface area contributed by atoms with Crippen LogP contribution in [0.25, 0.3) is 0 Å². The van der Waals surface area contributed by atoms with Gasteiger partial charge < -0.3 is 14.8 Å². The summed E-state index contributed by atoms with van der Waals surface area (Å²) in [7, 11) is 0. The molecule has 4 heteroatoms. The Labute approximate surface area is 154 Å². The highest BCUT2D eigenvalue weighted by molar-refractivity contribution is 5.73. The molecule has 0 aliphatic carbocycles. The lowest BCUT2D eigenvalue weighted by Gasteiger charge is -2.37. The van der Waals surface area contributed by atoms with Gasteiger partial charge in [-0.25, -0.2) is 0 Å². The molecule has 1 fully saturated rings. The summed E-state index contributed by atoms with van der Waals surface area (Å²) in [6, 6.07) is 15.1. The van der Waals surface area contributed by atoms with Gasteiger partial charge >= 0.3 is 5.97 Å². The Morgan fingerprint density at radius 3 is 2.96 bits per heavy atom. The minimum atomic E-state index is -0.183. The van der Waals surface area contributed by atoms with Gasteiger partial charge in [-0.1, -0.05) is 42.0 Å². The van der Waals surface area contributed by atoms with Gasteiger partial charge in [0.1, 0.15) is 0 Å². The van der Waals surface area contributed by atoms with Crippen molar-refractivity contribution < 1.29 is 14.3 Å². The van der Waals surface area contributed by atoms with Crippen molar-refractivity contribution in [1.29, 1.82) is 0 Å². The number of esters is 1. The molecular formula is C22H25NO3. The van der Waals surface area contributed by atoms with Gasteiger partial charge in [0.2, 0.25) is 0 Å². The Balaban J connectivity index is 1.65. The fraction of sp³-hybridized carbons (Fsp3) is 0.409. The molecule has 2 aliphatic rings. The Hall–Kier alpha value is -2.33. The number of benzene rings is 2. The molecule has 4 rings (SSSR count). The van der Waals surface area contributed by atoms with Crippen LogP contribution < -0.4 is 5.32 Å². The quantitative estimate of drug-likeness (QED) is 0.832. The normalized spacial score (nSPS) is 23.7. The molecule has 4 nitrogen and oxygen atoms in total. The Kier molecular flexibility index (Phi) is 4.68. The minimum Gasteiger partial charge on any atom is -0.466 e. The van der Waals surface area contributed by atoms with Crippen molar-refractivity contribution in [2.24, 2.45) is 5.92 Å². The third-order valence-electron chi connectivity index (χ3n) is 5.35. The number of anilines is 1. The largest absolute Gasteiger partial charge is 0.466 e. The maximum atomic E-state index is 11.8. The van der Waals surface area contributed by atoms with E-state index in [2.05, 4.69) is 48.6 Å². The first kappa shape index (κ1) is 17.1. The number of aryl methyl sites for hydroxylation is 1. The van der Waals surface area contributed by atoms with Crippen molar-refractivity contribution in [3.63, 3.8) is 0 Å². The van der Waals surface area contributed by atoms with Crippen LogP contribution in [0.4, 0.5) is 5.69 Å². The van der Waals surface area contributed by atoms with Crippen molar-refractivity contribution in [2.75, 3.05) is 18.5 Å². The molecule has 26 heavy (non-hydrogen) atoms. The van der Waals surface area contributed by atoms with Crippen LogP contribution in [0.1, 0.15) is 47.7 Å². The first-order valence-electron chi connectivity index (χ1n) is 9.39. The predicted octanol–water partition coefficient (Wildman–Crippen LogP) is 4.35. The van der Waals surface area contributed by atoms with Crippen LogP contribution in [0.15, 0.2) is 42.5 Å². The summed E-state index contributed by atoms with van der Waals surface area (Å²) >= 11 is 0. The average molecular weight is 351 g/mol. The molecule has 0 bridgehead atoms. The number of hydrogen-bond acceptors (Lipinski definition) is 4. The van der Waals surface area contributed by atoms with E-state index in [1.165, 1.54) is 16.7 Å². The van der Waals surface area contributed by atoms with E-state index in [1.807, 2.05) is 13.0 Å². The second-order valence-corrected chi connectivity index (χ2v) is 7.18. The topological polar surface area (TPSA) is 47.6 Å². The van der Waals surface area contributed by atoms with E-state index in [4.69, 9.17) is 9.47 Å². The first-order chi connectivity index (χ1) is 12.7. The van der Waals surface area contributed by atoms with Crippen LogP contribution in [0, 0.1) is 12.8 Å². The molecular weight excluding hydrogens is 326 g/mol. The summed E-state index contributed by atoms with van der Waals surface area (Å²) in [6.07, 6.45) is 1.43. The molecule has 2 unspecified atom stereocenters. The molecule has 2 aromatic carbocycles. The lowest BCUT2D eigenvalue weighted by atomic mass is 9.80. The van der Waals surface area contributed by atoms with Crippen molar-refractivity contribution in [3.8, 4) is 0 Å². The predicted molar refractivity (Wildman–Crippen MR) is 101 cm³/mol. The highest BCUT2D eigenvalue weighted by atomic mass is 16.5. The van der Waals surface area contributed by atoms with Gasteiger partial charge in [0.15, 0.2) is 0 Å². The molecule has 1 saturated heterocycles. The number of carbonyl (C=O) groups is 1. The Morgan fingerprint density at radius 2 is 2.15 bits per heavy atom. The van der Waals surface area contributed by atoms with Crippen LogP contribution in [0.3, 0.4) is 0 Å². The summed E-state index contributed by atoms with van der Waals surface area (Å²) in [5.41, 5.74) is 5.83. The van der Waals surface area contributed by atoms with E-state index in [1.54, 1.807) is 0 Å². The van der Waals surface area contributed by atoms with Gasteiger partial charge in [-0.05, 0) is 37.5 Å². The first-order valence-corrected chi connectivity index (χ1v) is 9.39. The van der Waals surface area contributed by atoms with Crippen molar-refractivity contribution in [2.45, 2.75) is 38.8 Å². The molecule has 0 spiro atoms. The molecule has 2 aromatic rings. The van der Waals surface area contributed by atoms with E-state index >= 15 is 0 Å². The van der Waals surface area contributed by atoms with E-state index in [0.717, 1.165) is 24.3 Å². The highest BCUT2D eigenvalue weighted by Gasteiger charge is 2.41. The standard InChI is InChI=1S/C22H25NO3/c1-3-25-20(24)13-15-7-8-19-18(12-15)22-17(9-10-26-22)21(23-19)16-6-4-5-14(2)11-16/h4-8,11-12,17,21-23H,3,9-10,13H2,1-2H3/t17?,21-,22?/m0/s1. The Morgan fingerprint density at radius 1 is 1.27 bits per heavy atom. The molecule has 3 atom stereocenters. The second kappa shape index (κ2) is 7.12. The molecule has 0 saturated carbocycles. The van der Waals surface area contributed by atoms with E-state index in [9.17, 15) is 4.79 Å². The minimum absolute atomic E-state index is 0.0823. The van der Waals surface area contributed by atoms with E-state index in [0.29, 0.717) is 18.9 Å². The number of nitrogens with one attached hydrogen (secondary N) is 1. The highest BCUT2D eigenvalue weighted by Crippen LogP contribution is 2.50. The molecule has 0 aromatic heterocycles. The third-order valence-corrected chi connectivity index (χ3v) is 5.35. The monoisotopic (exact) mass is 351 g/mol. The van der Waals surface area contributed by atoms with Gasteiger partial charge in [0.25, 0.3) is 0 Å². The van der Waals surface area contributed by atoms with Crippen LogP contribution in [-0.4, -0.2) is 19.2 Å². The molecule has 2 heterocycles. The van der Waals surface area contributed by atoms with E-state index < -0.39 is 0 Å². The summed E-state index contributed by atoms with van der Waals surface area (Å²) in [5, 5.41) is 3.72. The number of ether oxygens (including phenoxy) is 2. The summed E-state index contributed by atoms with van der Waals surface area (Å²) < 4.78 is 11.2. The van der Waals surface area contributed by atoms with Crippen LogP contribution in [0.5, 0.6) is 0 Å². The fourth-order valence-corrected chi connectivity index (χ4v) is 4.20. The Bertz CT molecular complexity index is 817.